The molecule has 8 N–H and O–H groups in total. The number of carbonyl (C=O) groups is 9. The Labute approximate surface area is 388 Å². The number of phenolic OH excluding ortho intramolecular Hbond substituents is 1. The van der Waals surface area contributed by atoms with E-state index in [1.165, 1.54) is 42.1 Å². The first kappa shape index (κ1) is 54.3. The molecule has 19 heteroatoms. The molecule has 0 aliphatic carbocycles. The Morgan fingerprint density at radius 2 is 1.48 bits per heavy atom. The molecule has 366 valence electrons. The highest BCUT2D eigenvalue weighted by Gasteiger charge is 2.44. The summed E-state index contributed by atoms with van der Waals surface area (Å²) in [5, 5.41) is 23.4. The Morgan fingerprint density at radius 3 is 2.06 bits per heavy atom. The maximum atomic E-state index is 14.8. The van der Waals surface area contributed by atoms with Gasteiger partial charge < -0.3 is 52.0 Å². The summed E-state index contributed by atoms with van der Waals surface area (Å²) >= 11 is 0. The summed E-state index contributed by atoms with van der Waals surface area (Å²) in [6.07, 6.45) is 2.43. The number of hydrogen-bond donors (Lipinski definition) is 7. The Bertz CT molecular complexity index is 1940. The number of rotatable bonds is 16. The van der Waals surface area contributed by atoms with E-state index in [0.717, 1.165) is 0 Å². The van der Waals surface area contributed by atoms with E-state index in [1.54, 1.807) is 52.8 Å². The van der Waals surface area contributed by atoms with Gasteiger partial charge in [-0.15, -0.1) is 0 Å². The number of cyclic esters (lactones) is 1. The van der Waals surface area contributed by atoms with Crippen LogP contribution in [0.4, 0.5) is 0 Å². The van der Waals surface area contributed by atoms with E-state index in [2.05, 4.69) is 26.6 Å². The number of fused-ring (bicyclic) bond motifs is 2. The molecule has 0 saturated carbocycles. The molecule has 0 spiro atoms. The average molecular weight is 925 g/mol. The van der Waals surface area contributed by atoms with Crippen LogP contribution in [0, 0.1) is 23.7 Å². The molecule has 3 rings (SSSR count). The van der Waals surface area contributed by atoms with Gasteiger partial charge in [-0.2, -0.15) is 0 Å². The zero-order valence-electron chi connectivity index (χ0n) is 40.1. The predicted octanol–water partition coefficient (Wildman–Crippen LogP) is 1.70. The number of nitrogens with two attached hydrogens (primary N) is 1. The molecule has 2 bridgehead atoms. The van der Waals surface area contributed by atoms with Crippen molar-refractivity contribution in [1.82, 2.24) is 36.4 Å². The number of esters is 1. The first-order valence-electron chi connectivity index (χ1n) is 23.1. The van der Waals surface area contributed by atoms with Crippen LogP contribution in [0.5, 0.6) is 5.75 Å². The van der Waals surface area contributed by atoms with Crippen molar-refractivity contribution in [3.8, 4) is 5.75 Å². The fourth-order valence-corrected chi connectivity index (χ4v) is 7.68. The minimum Gasteiger partial charge on any atom is -0.508 e. The van der Waals surface area contributed by atoms with Gasteiger partial charge in [0.15, 0.2) is 0 Å². The lowest BCUT2D eigenvalue weighted by atomic mass is 9.93. The third-order valence-electron chi connectivity index (χ3n) is 12.6. The second-order valence-electron chi connectivity index (χ2n) is 18.2. The standard InChI is InChI=1S/C47H72N8O11/c1-11-26(6)37-47(65)66-29(9)38(53-41(59)32(20-21-36(48)57)49-40(58)28(8)13-3)44(62)51-34(23-25(4)5)42(60)50-33-15-14-22-55(45(33)63)39(27(7)12-2)46(64)54(10)35(43(61)52-37)24-30-16-18-31(56)19-17-30/h14,16-19,22,25-29,32-35,37-39,56H,11-13,15,20-21,23-24H2,1-10H3,(H2,48,57)(H,49,58)(H,50,60)(H,51,62)(H,52,61)(H,53,59)/t26?,27?,28?,29-,32+,33+,34+,35+,37+,38+,39-/m1/s1. The number of hydrogen-bond acceptors (Lipinski definition) is 11. The van der Waals surface area contributed by atoms with Crippen molar-refractivity contribution in [3.63, 3.8) is 0 Å². The second-order valence-corrected chi connectivity index (χ2v) is 18.2. The molecule has 19 nitrogen and oxygen atoms in total. The van der Waals surface area contributed by atoms with Gasteiger partial charge >= 0.3 is 5.97 Å². The minimum atomic E-state index is -1.71. The van der Waals surface area contributed by atoms with Gasteiger partial charge in [-0.1, -0.05) is 86.4 Å². The molecule has 0 radical (unpaired) electrons. The summed E-state index contributed by atoms with van der Waals surface area (Å²) in [5.74, 6) is -8.49. The van der Waals surface area contributed by atoms with Crippen LogP contribution in [0.3, 0.4) is 0 Å². The molecule has 1 aromatic rings. The topological polar surface area (TPSA) is 276 Å². The summed E-state index contributed by atoms with van der Waals surface area (Å²) in [4.78, 5) is 128. The van der Waals surface area contributed by atoms with Crippen LogP contribution in [0.25, 0.3) is 0 Å². The lowest BCUT2D eigenvalue weighted by molar-refractivity contribution is -0.158. The number of likely N-dealkylation sites (N-methyl/N-ethyl adjacent to an activating group) is 1. The summed E-state index contributed by atoms with van der Waals surface area (Å²) in [6, 6.07) is -3.22. The van der Waals surface area contributed by atoms with Crippen LogP contribution in [0.2, 0.25) is 0 Å². The van der Waals surface area contributed by atoms with Gasteiger partial charge in [0.05, 0.1) is 0 Å². The van der Waals surface area contributed by atoms with Crippen molar-refractivity contribution in [2.45, 2.75) is 162 Å². The molecule has 3 unspecified atom stereocenters. The third kappa shape index (κ3) is 14.8. The molecule has 1 fully saturated rings. The molecule has 66 heavy (non-hydrogen) atoms. The van der Waals surface area contributed by atoms with E-state index in [4.69, 9.17) is 10.5 Å². The quantitative estimate of drug-likeness (QED) is 0.117. The van der Waals surface area contributed by atoms with Crippen LogP contribution in [-0.2, 0) is 54.3 Å². The van der Waals surface area contributed by atoms with E-state index in [1.807, 2.05) is 20.8 Å². The fourth-order valence-electron chi connectivity index (χ4n) is 7.68. The highest BCUT2D eigenvalue weighted by molar-refractivity contribution is 5.99. The van der Waals surface area contributed by atoms with Gasteiger partial charge in [0.2, 0.25) is 47.3 Å². The van der Waals surface area contributed by atoms with Crippen molar-refractivity contribution in [2.24, 2.45) is 29.4 Å². The van der Waals surface area contributed by atoms with Crippen molar-refractivity contribution in [3.05, 3.63) is 42.1 Å². The van der Waals surface area contributed by atoms with Crippen LogP contribution >= 0.6 is 0 Å². The van der Waals surface area contributed by atoms with Crippen molar-refractivity contribution in [2.75, 3.05) is 7.05 Å². The molecule has 11 atom stereocenters. The molecule has 2 aliphatic heterocycles. The number of carbonyl (C=O) groups excluding carboxylic acids is 9. The average Bonchev–Trinajstić information content (AvgIpc) is 3.27. The van der Waals surface area contributed by atoms with Crippen LogP contribution in [-0.4, -0.2) is 124 Å². The van der Waals surface area contributed by atoms with E-state index in [9.17, 15) is 48.3 Å². The minimum absolute atomic E-state index is 0.0218. The lowest BCUT2D eigenvalue weighted by Crippen LogP contribution is -2.62. The summed E-state index contributed by atoms with van der Waals surface area (Å²) in [6.45, 7) is 15.5. The number of aromatic hydroxyl groups is 1. The van der Waals surface area contributed by atoms with Gasteiger partial charge in [-0.05, 0) is 68.1 Å². The lowest BCUT2D eigenvalue weighted by Gasteiger charge is -2.40. The van der Waals surface area contributed by atoms with Gasteiger partial charge in [-0.25, -0.2) is 4.79 Å². The van der Waals surface area contributed by atoms with E-state index >= 15 is 0 Å². The number of benzene rings is 1. The number of nitrogens with one attached hydrogen (secondary N) is 5. The van der Waals surface area contributed by atoms with Gasteiger partial charge in [0, 0.05) is 32.0 Å². The summed E-state index contributed by atoms with van der Waals surface area (Å²) in [5.41, 5.74) is 5.97. The second kappa shape index (κ2) is 25.0. The molecular formula is C47H72N8O11. The van der Waals surface area contributed by atoms with Crippen LogP contribution < -0.4 is 32.3 Å². The van der Waals surface area contributed by atoms with Gasteiger partial charge in [0.1, 0.15) is 54.1 Å². The number of nitrogens with zero attached hydrogens (tertiary/aromatic N) is 2. The number of primary amides is 1. The number of phenols is 1. The maximum Gasteiger partial charge on any atom is 0.329 e. The highest BCUT2D eigenvalue weighted by Crippen LogP contribution is 2.25. The zero-order valence-corrected chi connectivity index (χ0v) is 40.1. The van der Waals surface area contributed by atoms with Crippen molar-refractivity contribution >= 4 is 53.2 Å². The van der Waals surface area contributed by atoms with Gasteiger partial charge in [-0.3, -0.25) is 38.4 Å². The molecule has 1 saturated heterocycles. The third-order valence-corrected chi connectivity index (χ3v) is 12.6. The molecule has 2 aliphatic rings. The molecule has 2 heterocycles. The Hall–Kier alpha value is -6.01. The fraction of sp³-hybridized carbons (Fsp3) is 0.638. The SMILES string of the molecule is CCC(C)C(=O)N[C@@H](CCC(N)=O)C(=O)N[C@@H]1C(=O)N[C@@H](CC(C)C)C(=O)N[C@H]2CC=CN(C2=O)[C@H](C(C)CC)C(=O)N(C)[C@@H](Cc2ccc(O)cc2)C(=O)N[C@@H](C(C)CC)C(=O)O[C@@H]1C. The molecular weight excluding hydrogens is 853 g/mol. The smallest absolute Gasteiger partial charge is 0.329 e. The largest absolute Gasteiger partial charge is 0.508 e. The Kier molecular flexibility index (Phi) is 20.6. The Balaban J connectivity index is 2.25. The number of ether oxygens (including phenoxy) is 1. The summed E-state index contributed by atoms with van der Waals surface area (Å²) < 4.78 is 5.93. The highest BCUT2D eigenvalue weighted by atomic mass is 16.5. The van der Waals surface area contributed by atoms with E-state index in [-0.39, 0.29) is 43.8 Å². The summed E-state index contributed by atoms with van der Waals surface area (Å²) in [7, 11) is 1.43. The normalized spacial score (nSPS) is 25.5. The predicted molar refractivity (Wildman–Crippen MR) is 244 cm³/mol. The zero-order chi connectivity index (χ0) is 49.6. The first-order chi connectivity index (χ1) is 31.0. The maximum absolute atomic E-state index is 14.8. The van der Waals surface area contributed by atoms with E-state index in [0.29, 0.717) is 24.8 Å². The molecule has 0 aromatic heterocycles. The van der Waals surface area contributed by atoms with Crippen LogP contribution in [0.15, 0.2) is 36.5 Å². The van der Waals surface area contributed by atoms with Gasteiger partial charge in [0.25, 0.3) is 0 Å². The number of amides is 8. The van der Waals surface area contributed by atoms with E-state index < -0.39 is 119 Å². The molecule has 8 amide bonds. The Morgan fingerprint density at radius 1 is 0.848 bits per heavy atom. The van der Waals surface area contributed by atoms with Crippen LogP contribution in [0.1, 0.15) is 113 Å². The first-order valence-corrected chi connectivity index (χ1v) is 23.1. The monoisotopic (exact) mass is 925 g/mol. The van der Waals surface area contributed by atoms with Crippen molar-refractivity contribution in [1.29, 1.82) is 0 Å². The van der Waals surface area contributed by atoms with Crippen molar-refractivity contribution < 1.29 is 53.0 Å². The molecule has 1 aromatic carbocycles.